The first-order valence-electron chi connectivity index (χ1n) is 3.12. The molecule has 0 saturated heterocycles. The predicted octanol–water partition coefficient (Wildman–Crippen LogP) is 0.564. The lowest BCUT2D eigenvalue weighted by molar-refractivity contribution is -0.165. The molecule has 0 aromatic rings. The first kappa shape index (κ1) is 10.3. The van der Waals surface area contributed by atoms with E-state index in [2.05, 4.69) is 4.74 Å². The summed E-state index contributed by atoms with van der Waals surface area (Å²) in [6, 6.07) is 0. The summed E-state index contributed by atoms with van der Waals surface area (Å²) in [5.41, 5.74) is 0. The number of carbonyl (C=O) groups excluding carboxylic acids is 1. The van der Waals surface area contributed by atoms with Gasteiger partial charge >= 0.3 is 5.97 Å². The van der Waals surface area contributed by atoms with Gasteiger partial charge in [0.25, 0.3) is 6.43 Å². The fraction of sp³-hybridized carbons (Fsp3) is 0.833. The average molecular weight is 168 g/mol. The third-order valence-corrected chi connectivity index (χ3v) is 0.832. The Kier molecular flexibility index (Phi) is 3.95. The largest absolute Gasteiger partial charge is 0.461 e. The maximum atomic E-state index is 11.6. The minimum atomic E-state index is -3.08. The van der Waals surface area contributed by atoms with Gasteiger partial charge in [0.2, 0.25) is 6.10 Å². The van der Waals surface area contributed by atoms with Gasteiger partial charge in [0, 0.05) is 0 Å². The van der Waals surface area contributed by atoms with E-state index >= 15 is 0 Å². The molecule has 0 aliphatic carbocycles. The molecule has 0 fully saturated rings. The Morgan fingerprint density at radius 1 is 1.45 bits per heavy atom. The van der Waals surface area contributed by atoms with Crippen LogP contribution in [0.2, 0.25) is 0 Å². The number of aliphatic hydroxyl groups is 1. The number of halogens is 2. The molecular weight excluding hydrogens is 158 g/mol. The highest BCUT2D eigenvalue weighted by Crippen LogP contribution is 2.03. The van der Waals surface area contributed by atoms with Crippen molar-refractivity contribution in [3.8, 4) is 0 Å². The molecule has 0 aromatic heterocycles. The Bertz CT molecular complexity index is 136. The molecule has 0 bridgehead atoms. The minimum Gasteiger partial charge on any atom is -0.461 e. The van der Waals surface area contributed by atoms with Crippen LogP contribution in [0.3, 0.4) is 0 Å². The Morgan fingerprint density at radius 2 is 1.91 bits per heavy atom. The molecule has 0 rings (SSSR count). The number of carbonyl (C=O) groups is 1. The predicted molar refractivity (Wildman–Crippen MR) is 33.2 cm³/mol. The van der Waals surface area contributed by atoms with Crippen molar-refractivity contribution in [3.05, 3.63) is 0 Å². The van der Waals surface area contributed by atoms with Crippen LogP contribution in [0.15, 0.2) is 0 Å². The van der Waals surface area contributed by atoms with Crippen LogP contribution in [0.5, 0.6) is 0 Å². The molecule has 0 spiro atoms. The summed E-state index contributed by atoms with van der Waals surface area (Å²) in [5.74, 6) is -1.28. The second-order valence-electron chi connectivity index (χ2n) is 2.26. The van der Waals surface area contributed by atoms with E-state index < -0.39 is 24.6 Å². The van der Waals surface area contributed by atoms with Crippen LogP contribution in [0.1, 0.15) is 13.8 Å². The van der Waals surface area contributed by atoms with Gasteiger partial charge in [0.1, 0.15) is 0 Å². The van der Waals surface area contributed by atoms with Gasteiger partial charge in [-0.1, -0.05) is 0 Å². The van der Waals surface area contributed by atoms with Crippen LogP contribution in [0.25, 0.3) is 0 Å². The van der Waals surface area contributed by atoms with Gasteiger partial charge in [-0.2, -0.15) is 0 Å². The van der Waals surface area contributed by atoms with Crippen molar-refractivity contribution in [2.24, 2.45) is 0 Å². The number of ether oxygens (including phenoxy) is 1. The summed E-state index contributed by atoms with van der Waals surface area (Å²) in [6.07, 6.45) is -5.89. The van der Waals surface area contributed by atoms with Gasteiger partial charge in [-0.3, -0.25) is 0 Å². The van der Waals surface area contributed by atoms with Crippen molar-refractivity contribution < 1.29 is 23.4 Å². The number of esters is 1. The molecule has 0 heterocycles. The number of hydrogen-bond donors (Lipinski definition) is 1. The maximum Gasteiger partial charge on any atom is 0.341 e. The van der Waals surface area contributed by atoms with E-state index in [4.69, 9.17) is 5.11 Å². The van der Waals surface area contributed by atoms with E-state index in [1.54, 1.807) is 0 Å². The van der Waals surface area contributed by atoms with Crippen molar-refractivity contribution in [1.29, 1.82) is 0 Å². The van der Waals surface area contributed by atoms with Crippen molar-refractivity contribution in [2.45, 2.75) is 32.5 Å². The van der Waals surface area contributed by atoms with Crippen LogP contribution >= 0.6 is 0 Å². The quantitative estimate of drug-likeness (QED) is 0.626. The summed E-state index contributed by atoms with van der Waals surface area (Å²) >= 11 is 0. The molecule has 0 radical (unpaired) electrons. The van der Waals surface area contributed by atoms with E-state index in [1.807, 2.05) is 0 Å². The van der Waals surface area contributed by atoms with Gasteiger partial charge in [-0.15, -0.1) is 0 Å². The summed E-state index contributed by atoms with van der Waals surface area (Å²) in [7, 11) is 0. The van der Waals surface area contributed by atoms with E-state index in [0.29, 0.717) is 0 Å². The molecule has 11 heavy (non-hydrogen) atoms. The van der Waals surface area contributed by atoms with Crippen molar-refractivity contribution in [3.63, 3.8) is 0 Å². The zero-order valence-corrected chi connectivity index (χ0v) is 6.25. The topological polar surface area (TPSA) is 46.5 Å². The lowest BCUT2D eigenvalue weighted by Gasteiger charge is -2.11. The highest BCUT2D eigenvalue weighted by atomic mass is 19.3. The smallest absolute Gasteiger partial charge is 0.341 e. The van der Waals surface area contributed by atoms with Crippen molar-refractivity contribution >= 4 is 5.97 Å². The third kappa shape index (κ3) is 3.87. The SMILES string of the molecule is CC(C)OC(=O)[C@@H](O)C(F)F. The summed E-state index contributed by atoms with van der Waals surface area (Å²) < 4.78 is 27.5. The third-order valence-electron chi connectivity index (χ3n) is 0.832. The normalized spacial score (nSPS) is 13.7. The van der Waals surface area contributed by atoms with E-state index in [0.717, 1.165) is 0 Å². The lowest BCUT2D eigenvalue weighted by Crippen LogP contribution is -2.31. The van der Waals surface area contributed by atoms with Crippen LogP contribution in [0.4, 0.5) is 8.78 Å². The Hall–Kier alpha value is -0.710. The van der Waals surface area contributed by atoms with Gasteiger partial charge in [-0.05, 0) is 13.8 Å². The number of rotatable bonds is 3. The molecular formula is C6H10F2O3. The zero-order valence-electron chi connectivity index (χ0n) is 6.25. The molecule has 0 amide bonds. The second kappa shape index (κ2) is 4.23. The monoisotopic (exact) mass is 168 g/mol. The molecule has 1 N–H and O–H groups in total. The van der Waals surface area contributed by atoms with Gasteiger partial charge in [0.05, 0.1) is 6.10 Å². The molecule has 1 atom stereocenters. The van der Waals surface area contributed by atoms with Gasteiger partial charge < -0.3 is 9.84 Å². The number of aliphatic hydroxyl groups excluding tert-OH is 1. The van der Waals surface area contributed by atoms with E-state index in [9.17, 15) is 13.6 Å². The zero-order chi connectivity index (χ0) is 9.02. The molecule has 0 aliphatic rings. The van der Waals surface area contributed by atoms with Crippen LogP contribution in [-0.2, 0) is 9.53 Å². The number of hydrogen-bond acceptors (Lipinski definition) is 3. The highest BCUT2D eigenvalue weighted by molar-refractivity contribution is 5.74. The molecule has 5 heteroatoms. The molecule has 0 aromatic carbocycles. The molecule has 66 valence electrons. The second-order valence-corrected chi connectivity index (χ2v) is 2.26. The molecule has 0 saturated carbocycles. The van der Waals surface area contributed by atoms with Gasteiger partial charge in [-0.25, -0.2) is 13.6 Å². The molecule has 0 unspecified atom stereocenters. The molecule has 0 aliphatic heterocycles. The average Bonchev–Trinajstić information content (AvgIpc) is 1.84. The standard InChI is InChI=1S/C6H10F2O3/c1-3(2)11-6(10)4(9)5(7)8/h3-5,9H,1-2H3/t4-/m0/s1. The highest BCUT2D eigenvalue weighted by Gasteiger charge is 2.27. The van der Waals surface area contributed by atoms with E-state index in [1.165, 1.54) is 13.8 Å². The Labute approximate surface area is 63.0 Å². The summed E-state index contributed by atoms with van der Waals surface area (Å²) in [6.45, 7) is 3.02. The van der Waals surface area contributed by atoms with Crippen LogP contribution in [-0.4, -0.2) is 29.7 Å². The van der Waals surface area contributed by atoms with Crippen molar-refractivity contribution in [1.82, 2.24) is 0 Å². The minimum absolute atomic E-state index is 0.490. The summed E-state index contributed by atoms with van der Waals surface area (Å²) in [4.78, 5) is 10.4. The molecule has 3 nitrogen and oxygen atoms in total. The fourth-order valence-corrected chi connectivity index (χ4v) is 0.405. The van der Waals surface area contributed by atoms with E-state index in [-0.39, 0.29) is 0 Å². The Balaban J connectivity index is 3.83. The number of alkyl halides is 2. The summed E-state index contributed by atoms with van der Waals surface area (Å²) in [5, 5.41) is 8.42. The fourth-order valence-electron chi connectivity index (χ4n) is 0.405. The Morgan fingerprint density at radius 3 is 2.18 bits per heavy atom. The maximum absolute atomic E-state index is 11.6. The lowest BCUT2D eigenvalue weighted by atomic mass is 10.4. The van der Waals surface area contributed by atoms with Crippen molar-refractivity contribution in [2.75, 3.05) is 0 Å². The van der Waals surface area contributed by atoms with Crippen LogP contribution in [0, 0.1) is 0 Å². The van der Waals surface area contributed by atoms with Crippen LogP contribution < -0.4 is 0 Å². The van der Waals surface area contributed by atoms with Gasteiger partial charge in [0.15, 0.2) is 0 Å². The first-order valence-corrected chi connectivity index (χ1v) is 3.12. The first-order chi connectivity index (χ1) is 4.95.